The monoisotopic (exact) mass is 635 g/mol. The minimum absolute atomic E-state index is 0.0118. The minimum atomic E-state index is -1.07. The lowest BCUT2D eigenvalue weighted by Gasteiger charge is -2.45. The summed E-state index contributed by atoms with van der Waals surface area (Å²) in [6.07, 6.45) is 0.706. The number of hydrogen-bond acceptors (Lipinski definition) is 6. The lowest BCUT2D eigenvalue weighted by molar-refractivity contribution is -0.172. The molecule has 3 heterocycles. The smallest absolute Gasteiger partial charge is 0.313 e. The molecule has 4 rings (SSSR count). The first-order valence-corrected chi connectivity index (χ1v) is 15.2. The Labute approximate surface area is 262 Å². The Hall–Kier alpha value is -2.75. The van der Waals surface area contributed by atoms with Crippen molar-refractivity contribution in [2.75, 3.05) is 11.9 Å². The van der Waals surface area contributed by atoms with Gasteiger partial charge in [0.1, 0.15) is 17.2 Å². The van der Waals surface area contributed by atoms with Crippen LogP contribution in [0.25, 0.3) is 0 Å². The predicted molar refractivity (Wildman–Crippen MR) is 167 cm³/mol. The summed E-state index contributed by atoms with van der Waals surface area (Å²) in [6, 6.07) is 8.08. The molecule has 0 amide bonds. The first-order valence-electron chi connectivity index (χ1n) is 14.5. The Bertz CT molecular complexity index is 1500. The number of anilines is 2. The van der Waals surface area contributed by atoms with Crippen molar-refractivity contribution in [3.8, 4) is 0 Å². The van der Waals surface area contributed by atoms with Crippen molar-refractivity contribution in [2.24, 2.45) is 5.41 Å². The molecule has 1 N–H and O–H groups in total. The van der Waals surface area contributed by atoms with E-state index in [-0.39, 0.29) is 33.7 Å². The molecule has 1 fully saturated rings. The fraction of sp³-hybridized carbons (Fsp3) is 0.531. The zero-order chi connectivity index (χ0) is 31.9. The molecule has 11 heteroatoms. The Morgan fingerprint density at radius 1 is 1.09 bits per heavy atom. The number of nitrogens with one attached hydrogen (secondary N) is 1. The number of esters is 1. The number of benzene rings is 1. The number of pyridine rings is 1. The van der Waals surface area contributed by atoms with Crippen molar-refractivity contribution in [1.82, 2.24) is 19.7 Å². The molecule has 1 saturated heterocycles. The molecular formula is C32H41Cl2F2N5O2. The van der Waals surface area contributed by atoms with Gasteiger partial charge >= 0.3 is 5.97 Å². The van der Waals surface area contributed by atoms with Crippen LogP contribution < -0.4 is 5.32 Å². The van der Waals surface area contributed by atoms with Gasteiger partial charge in [-0.15, -0.1) is 0 Å². The number of rotatable bonds is 7. The van der Waals surface area contributed by atoms with Gasteiger partial charge in [0.05, 0.1) is 26.7 Å². The highest BCUT2D eigenvalue weighted by molar-refractivity contribution is 6.31. The molecule has 2 aromatic heterocycles. The van der Waals surface area contributed by atoms with Crippen LogP contribution in [0.1, 0.15) is 78.3 Å². The Balaban J connectivity index is 1.64. The van der Waals surface area contributed by atoms with E-state index in [0.717, 1.165) is 5.69 Å². The van der Waals surface area contributed by atoms with Crippen LogP contribution in [-0.4, -0.2) is 43.8 Å². The molecule has 234 valence electrons. The van der Waals surface area contributed by atoms with Crippen LogP contribution in [-0.2, 0) is 28.0 Å². The fourth-order valence-electron chi connectivity index (χ4n) is 5.70. The summed E-state index contributed by atoms with van der Waals surface area (Å²) in [6.45, 7) is 16.3. The Morgan fingerprint density at radius 2 is 1.79 bits per heavy atom. The number of nitrogens with zero attached hydrogens (tertiary/aromatic N) is 4. The second-order valence-corrected chi connectivity index (χ2v) is 14.4. The van der Waals surface area contributed by atoms with Gasteiger partial charge in [-0.3, -0.25) is 14.4 Å². The third-order valence-corrected chi connectivity index (χ3v) is 8.26. The second kappa shape index (κ2) is 12.3. The van der Waals surface area contributed by atoms with E-state index < -0.39 is 28.6 Å². The quantitative estimate of drug-likeness (QED) is 0.264. The number of halogens is 4. The van der Waals surface area contributed by atoms with Crippen molar-refractivity contribution in [2.45, 2.75) is 98.4 Å². The van der Waals surface area contributed by atoms with E-state index in [1.54, 1.807) is 32.9 Å². The van der Waals surface area contributed by atoms with Crippen molar-refractivity contribution in [1.29, 1.82) is 0 Å². The summed E-state index contributed by atoms with van der Waals surface area (Å²) in [5.41, 5.74) is -0.555. The molecule has 0 radical (unpaired) electrons. The lowest BCUT2D eigenvalue weighted by Crippen LogP contribution is -2.51. The highest BCUT2D eigenvalue weighted by Gasteiger charge is 2.47. The van der Waals surface area contributed by atoms with Gasteiger partial charge in [-0.05, 0) is 80.8 Å². The number of aromatic nitrogens is 3. The molecule has 1 aliphatic rings. The van der Waals surface area contributed by atoms with Crippen molar-refractivity contribution >= 4 is 40.8 Å². The van der Waals surface area contributed by atoms with E-state index in [2.05, 4.69) is 41.1 Å². The zero-order valence-electron chi connectivity index (χ0n) is 26.1. The van der Waals surface area contributed by atoms with Crippen LogP contribution in [0.15, 0.2) is 30.3 Å². The second-order valence-electron chi connectivity index (χ2n) is 13.6. The summed E-state index contributed by atoms with van der Waals surface area (Å²) < 4.78 is 38.0. The number of piperidine rings is 1. The first-order chi connectivity index (χ1) is 19.9. The molecule has 0 saturated carbocycles. The zero-order valence-corrected chi connectivity index (χ0v) is 27.6. The van der Waals surface area contributed by atoms with Crippen LogP contribution in [0.5, 0.6) is 0 Å². The molecule has 3 aromatic rings. The third-order valence-electron chi connectivity index (χ3n) is 7.69. The van der Waals surface area contributed by atoms with Crippen molar-refractivity contribution in [3.63, 3.8) is 0 Å². The summed E-state index contributed by atoms with van der Waals surface area (Å²) in [5, 5.41) is 7.74. The average Bonchev–Trinajstić information content (AvgIpc) is 3.26. The number of hydrogen-bond donors (Lipinski definition) is 1. The van der Waals surface area contributed by atoms with Gasteiger partial charge in [0, 0.05) is 42.4 Å². The van der Waals surface area contributed by atoms with Crippen molar-refractivity contribution < 1.29 is 18.3 Å². The molecule has 2 atom stereocenters. The topological polar surface area (TPSA) is 72.3 Å². The standard InChI is InChI=1S/C32H41Cl2F2N5O2/c1-19-14-26(39-41(19)30(3,4)5)38-25-15-23(34)28(36)24(37-25)17-32(29(42)43-31(6,7)8)12-13-40(20(2)16-32)18-21-10-9-11-22(33)27(21)35/h9-11,14-15,20H,12-13,16-18H2,1-8H3,(H,37,38,39)/t20-,32-/m1/s1. The maximum atomic E-state index is 15.6. The summed E-state index contributed by atoms with van der Waals surface area (Å²) >= 11 is 12.4. The molecule has 0 spiro atoms. The normalized spacial score (nSPS) is 19.9. The number of carbonyl (C=O) groups excluding carboxylic acids is 1. The van der Waals surface area contributed by atoms with Gasteiger partial charge in [-0.1, -0.05) is 35.3 Å². The Morgan fingerprint density at radius 3 is 2.40 bits per heavy atom. The van der Waals surface area contributed by atoms with Gasteiger partial charge in [-0.2, -0.15) is 5.10 Å². The van der Waals surface area contributed by atoms with Gasteiger partial charge in [0.25, 0.3) is 0 Å². The van der Waals surface area contributed by atoms with E-state index in [1.165, 1.54) is 12.1 Å². The van der Waals surface area contributed by atoms with Gasteiger partial charge in [-0.25, -0.2) is 13.8 Å². The van der Waals surface area contributed by atoms with Gasteiger partial charge in [0.15, 0.2) is 11.6 Å². The van der Waals surface area contributed by atoms with E-state index >= 15 is 4.39 Å². The summed E-state index contributed by atoms with van der Waals surface area (Å²) in [5.74, 6) is -0.682. The van der Waals surface area contributed by atoms with Crippen LogP contribution in [0, 0.1) is 24.0 Å². The van der Waals surface area contributed by atoms with E-state index in [9.17, 15) is 9.18 Å². The van der Waals surface area contributed by atoms with Crippen LogP contribution in [0.2, 0.25) is 10.0 Å². The summed E-state index contributed by atoms with van der Waals surface area (Å²) in [4.78, 5) is 20.5. The highest BCUT2D eigenvalue weighted by atomic mass is 35.5. The molecular weight excluding hydrogens is 595 g/mol. The number of aryl methyl sites for hydroxylation is 1. The minimum Gasteiger partial charge on any atom is -0.460 e. The highest BCUT2D eigenvalue weighted by Crippen LogP contribution is 2.42. The SMILES string of the molecule is Cc1cc(Nc2cc(Cl)c(F)c(C[C@@]3(C(=O)OC(C)(C)C)CCN(Cc4cccc(Cl)c4F)[C@H](C)C3)n2)nn1C(C)(C)C. The number of likely N-dealkylation sites (tertiary alicyclic amines) is 1. The third kappa shape index (κ3) is 7.67. The molecule has 43 heavy (non-hydrogen) atoms. The molecule has 0 unspecified atom stereocenters. The largest absolute Gasteiger partial charge is 0.460 e. The molecule has 1 aliphatic heterocycles. The van der Waals surface area contributed by atoms with Crippen molar-refractivity contribution in [3.05, 3.63) is 69.0 Å². The van der Waals surface area contributed by atoms with Crippen LogP contribution in [0.3, 0.4) is 0 Å². The maximum Gasteiger partial charge on any atom is 0.313 e. The van der Waals surface area contributed by atoms with Gasteiger partial charge < -0.3 is 10.1 Å². The number of ether oxygens (including phenoxy) is 1. The van der Waals surface area contributed by atoms with E-state index in [4.69, 9.17) is 27.9 Å². The van der Waals surface area contributed by atoms with Gasteiger partial charge in [0.2, 0.25) is 0 Å². The van der Waals surface area contributed by atoms with Crippen LogP contribution in [0.4, 0.5) is 20.4 Å². The van der Waals surface area contributed by atoms with Crippen LogP contribution >= 0.6 is 23.2 Å². The predicted octanol–water partition coefficient (Wildman–Crippen LogP) is 8.23. The van der Waals surface area contributed by atoms with E-state index in [1.807, 2.05) is 24.6 Å². The van der Waals surface area contributed by atoms with E-state index in [0.29, 0.717) is 43.1 Å². The first kappa shape index (κ1) is 33.1. The molecule has 7 nitrogen and oxygen atoms in total. The molecule has 0 aliphatic carbocycles. The number of carbonyl (C=O) groups is 1. The molecule has 1 aromatic carbocycles. The molecule has 0 bridgehead atoms. The maximum absolute atomic E-state index is 15.6. The fourth-order valence-corrected chi connectivity index (χ4v) is 6.11. The Kier molecular flexibility index (Phi) is 9.50. The lowest BCUT2D eigenvalue weighted by atomic mass is 9.72. The summed E-state index contributed by atoms with van der Waals surface area (Å²) in [7, 11) is 0. The average molecular weight is 637 g/mol.